The monoisotopic (exact) mass is 374 g/mol. The van der Waals surface area contributed by atoms with Gasteiger partial charge in [0, 0.05) is 11.1 Å². The van der Waals surface area contributed by atoms with Crippen molar-refractivity contribution in [2.45, 2.75) is 49.7 Å². The minimum atomic E-state index is -3.91. The van der Waals surface area contributed by atoms with E-state index in [1.54, 1.807) is 0 Å². The molecule has 7 nitrogen and oxygen atoms in total. The van der Waals surface area contributed by atoms with E-state index in [1.807, 2.05) is 0 Å². The summed E-state index contributed by atoms with van der Waals surface area (Å²) in [4.78, 5) is 25.0. The third-order valence-corrected chi connectivity index (χ3v) is 5.60. The van der Waals surface area contributed by atoms with E-state index in [0.29, 0.717) is 5.02 Å². The zero-order valence-corrected chi connectivity index (χ0v) is 14.8. The zero-order chi connectivity index (χ0) is 18.1. The van der Waals surface area contributed by atoms with Crippen molar-refractivity contribution in [1.29, 1.82) is 0 Å². The third kappa shape index (κ3) is 4.25. The van der Waals surface area contributed by atoms with Crippen molar-refractivity contribution < 1.29 is 23.1 Å². The van der Waals surface area contributed by atoms with Gasteiger partial charge in [0.05, 0.1) is 10.9 Å². The van der Waals surface area contributed by atoms with E-state index in [9.17, 15) is 18.0 Å². The SMILES string of the molecule is CC(NS(=O)(=O)c1ccc(Cl)cc1)C(=O)N(C1CC1)C(C)C(=O)O. The number of carbonyl (C=O) groups is 2. The number of carboxylic acid groups (broad SMARTS) is 1. The summed E-state index contributed by atoms with van der Waals surface area (Å²) < 4.78 is 27.0. The summed E-state index contributed by atoms with van der Waals surface area (Å²) >= 11 is 5.73. The molecule has 1 aromatic rings. The lowest BCUT2D eigenvalue weighted by Crippen LogP contribution is -2.52. The lowest BCUT2D eigenvalue weighted by Gasteiger charge is -2.29. The van der Waals surface area contributed by atoms with Crippen LogP contribution < -0.4 is 4.72 Å². The molecule has 9 heteroatoms. The zero-order valence-electron chi connectivity index (χ0n) is 13.3. The molecule has 1 aliphatic carbocycles. The van der Waals surface area contributed by atoms with Crippen LogP contribution in [0.4, 0.5) is 0 Å². The Labute approximate surface area is 145 Å². The molecule has 0 bridgehead atoms. The molecule has 1 aromatic carbocycles. The van der Waals surface area contributed by atoms with Crippen LogP contribution in [0.1, 0.15) is 26.7 Å². The predicted molar refractivity (Wildman–Crippen MR) is 88.2 cm³/mol. The van der Waals surface area contributed by atoms with Crippen LogP contribution in [0.3, 0.4) is 0 Å². The first kappa shape index (κ1) is 18.7. The number of rotatable bonds is 7. The topological polar surface area (TPSA) is 104 Å². The van der Waals surface area contributed by atoms with Crippen LogP contribution in [0, 0.1) is 0 Å². The van der Waals surface area contributed by atoms with Gasteiger partial charge < -0.3 is 10.0 Å². The van der Waals surface area contributed by atoms with Crippen molar-refractivity contribution >= 4 is 33.5 Å². The molecule has 1 fully saturated rings. The highest BCUT2D eigenvalue weighted by Gasteiger charge is 2.40. The summed E-state index contributed by atoms with van der Waals surface area (Å²) in [6.45, 7) is 2.82. The number of aliphatic carboxylic acids is 1. The Hall–Kier alpha value is -1.64. The van der Waals surface area contributed by atoms with Crippen LogP contribution in [-0.2, 0) is 19.6 Å². The molecular weight excluding hydrogens is 356 g/mol. The molecule has 2 rings (SSSR count). The largest absolute Gasteiger partial charge is 0.480 e. The number of carboxylic acids is 1. The average Bonchev–Trinajstić information content (AvgIpc) is 3.31. The fourth-order valence-electron chi connectivity index (χ4n) is 2.35. The van der Waals surface area contributed by atoms with Crippen LogP contribution in [0.15, 0.2) is 29.2 Å². The molecule has 0 aromatic heterocycles. The fraction of sp³-hybridized carbons (Fsp3) is 0.467. The van der Waals surface area contributed by atoms with Crippen molar-refractivity contribution in [2.75, 3.05) is 0 Å². The van der Waals surface area contributed by atoms with Crippen molar-refractivity contribution in [1.82, 2.24) is 9.62 Å². The second kappa shape index (κ2) is 7.08. The maximum Gasteiger partial charge on any atom is 0.326 e. The molecule has 0 saturated heterocycles. The van der Waals surface area contributed by atoms with Crippen molar-refractivity contribution in [3.63, 3.8) is 0 Å². The molecule has 0 heterocycles. The molecule has 132 valence electrons. The van der Waals surface area contributed by atoms with Gasteiger partial charge in [-0.05, 0) is 51.0 Å². The number of sulfonamides is 1. The number of nitrogens with zero attached hydrogens (tertiary/aromatic N) is 1. The van der Waals surface area contributed by atoms with Gasteiger partial charge in [-0.3, -0.25) is 4.79 Å². The van der Waals surface area contributed by atoms with Crippen LogP contribution >= 0.6 is 11.6 Å². The highest BCUT2D eigenvalue weighted by molar-refractivity contribution is 7.89. The number of hydrogen-bond donors (Lipinski definition) is 2. The molecule has 2 unspecified atom stereocenters. The highest BCUT2D eigenvalue weighted by Crippen LogP contribution is 2.29. The summed E-state index contributed by atoms with van der Waals surface area (Å²) in [5.41, 5.74) is 0. The van der Waals surface area contributed by atoms with Gasteiger partial charge in [-0.2, -0.15) is 4.72 Å². The van der Waals surface area contributed by atoms with E-state index in [-0.39, 0.29) is 10.9 Å². The number of hydrogen-bond acceptors (Lipinski definition) is 4. The number of nitrogens with one attached hydrogen (secondary N) is 1. The maximum atomic E-state index is 12.5. The molecule has 2 atom stereocenters. The molecule has 1 amide bonds. The number of amides is 1. The minimum Gasteiger partial charge on any atom is -0.480 e. The molecule has 1 aliphatic rings. The van der Waals surface area contributed by atoms with Crippen molar-refractivity contribution in [3.05, 3.63) is 29.3 Å². The lowest BCUT2D eigenvalue weighted by atomic mass is 10.2. The Balaban J connectivity index is 2.15. The quantitative estimate of drug-likeness (QED) is 0.752. The van der Waals surface area contributed by atoms with Crippen LogP contribution in [0.25, 0.3) is 0 Å². The van der Waals surface area contributed by atoms with Crippen LogP contribution in [0.5, 0.6) is 0 Å². The normalized spacial score (nSPS) is 17.1. The van der Waals surface area contributed by atoms with Gasteiger partial charge in [0.1, 0.15) is 6.04 Å². The van der Waals surface area contributed by atoms with Gasteiger partial charge in [-0.25, -0.2) is 13.2 Å². The second-order valence-corrected chi connectivity index (χ2v) is 7.94. The van der Waals surface area contributed by atoms with E-state index in [4.69, 9.17) is 16.7 Å². The molecule has 0 aliphatic heterocycles. The Morgan fingerprint density at radius 2 is 1.79 bits per heavy atom. The lowest BCUT2D eigenvalue weighted by molar-refractivity contribution is -0.150. The smallest absolute Gasteiger partial charge is 0.326 e. The van der Waals surface area contributed by atoms with E-state index in [0.717, 1.165) is 12.8 Å². The molecule has 2 N–H and O–H groups in total. The first-order valence-electron chi connectivity index (χ1n) is 7.46. The third-order valence-electron chi connectivity index (χ3n) is 3.80. The number of carbonyl (C=O) groups excluding carboxylic acids is 1. The van der Waals surface area contributed by atoms with Crippen molar-refractivity contribution in [2.24, 2.45) is 0 Å². The van der Waals surface area contributed by atoms with Crippen molar-refractivity contribution in [3.8, 4) is 0 Å². The summed E-state index contributed by atoms with van der Waals surface area (Å²) in [7, 11) is -3.91. The molecule has 24 heavy (non-hydrogen) atoms. The summed E-state index contributed by atoms with van der Waals surface area (Å²) in [5, 5.41) is 9.55. The Kier molecular flexibility index (Phi) is 5.52. The Bertz CT molecular complexity index is 731. The van der Waals surface area contributed by atoms with Gasteiger partial charge in [0.25, 0.3) is 0 Å². The molecule has 0 radical (unpaired) electrons. The summed E-state index contributed by atoms with van der Waals surface area (Å²) in [6.07, 6.45) is 1.44. The van der Waals surface area contributed by atoms with E-state index in [1.165, 1.54) is 43.0 Å². The van der Waals surface area contributed by atoms with Crippen LogP contribution in [0.2, 0.25) is 5.02 Å². The minimum absolute atomic E-state index is 0.0178. The van der Waals surface area contributed by atoms with Crippen LogP contribution in [-0.4, -0.2) is 48.4 Å². The fourth-order valence-corrected chi connectivity index (χ4v) is 3.67. The Morgan fingerprint density at radius 3 is 2.25 bits per heavy atom. The summed E-state index contributed by atoms with van der Waals surface area (Å²) in [6, 6.07) is 3.31. The average molecular weight is 375 g/mol. The first-order valence-corrected chi connectivity index (χ1v) is 9.32. The van der Waals surface area contributed by atoms with Gasteiger partial charge in [-0.15, -0.1) is 0 Å². The summed E-state index contributed by atoms with van der Waals surface area (Å²) in [5.74, 6) is -1.67. The molecular formula is C15H19ClN2O5S. The molecule has 0 spiro atoms. The van der Waals surface area contributed by atoms with Gasteiger partial charge >= 0.3 is 5.97 Å². The predicted octanol–water partition coefficient (Wildman–Crippen LogP) is 1.47. The standard InChI is InChI=1S/C15H19ClN2O5S/c1-9(14(19)18(12-5-6-12)10(2)15(20)21)17-24(22,23)13-7-3-11(16)4-8-13/h3-4,7-10,12,17H,5-6H2,1-2H3,(H,20,21). The number of benzene rings is 1. The van der Waals surface area contributed by atoms with Gasteiger partial charge in [0.15, 0.2) is 0 Å². The second-order valence-electron chi connectivity index (χ2n) is 5.79. The number of halogens is 1. The molecule has 1 saturated carbocycles. The van der Waals surface area contributed by atoms with Gasteiger partial charge in [0.2, 0.25) is 15.9 Å². The van der Waals surface area contributed by atoms with E-state index < -0.39 is 34.0 Å². The van der Waals surface area contributed by atoms with E-state index in [2.05, 4.69) is 4.72 Å². The van der Waals surface area contributed by atoms with Gasteiger partial charge in [-0.1, -0.05) is 11.6 Å². The Morgan fingerprint density at radius 1 is 1.25 bits per heavy atom. The van der Waals surface area contributed by atoms with E-state index >= 15 is 0 Å². The first-order chi connectivity index (χ1) is 11.1. The maximum absolute atomic E-state index is 12.5. The highest BCUT2D eigenvalue weighted by atomic mass is 35.5.